The van der Waals surface area contributed by atoms with Crippen molar-refractivity contribution in [3.8, 4) is 16.9 Å². The number of nitrogens with one attached hydrogen (secondary N) is 2. The first-order valence-electron chi connectivity index (χ1n) is 18.5. The summed E-state index contributed by atoms with van der Waals surface area (Å²) in [7, 11) is 1.95. The summed E-state index contributed by atoms with van der Waals surface area (Å²) in [6, 6.07) is 30.7. The van der Waals surface area contributed by atoms with Crippen molar-refractivity contribution in [1.29, 1.82) is 0 Å². The van der Waals surface area contributed by atoms with Crippen LogP contribution in [0.2, 0.25) is 0 Å². The van der Waals surface area contributed by atoms with E-state index in [4.69, 9.17) is 9.47 Å². The molecule has 0 unspecified atom stereocenters. The van der Waals surface area contributed by atoms with Gasteiger partial charge in [0.05, 0.1) is 24.9 Å². The molecule has 0 aromatic heterocycles. The first-order chi connectivity index (χ1) is 25.6. The molecular weight excluding hydrogens is 670 g/mol. The maximum absolute atomic E-state index is 12.5. The lowest BCUT2D eigenvalue weighted by Crippen LogP contribution is -2.44. The smallest absolute Gasteiger partial charge is 0.220 e. The lowest BCUT2D eigenvalue weighted by molar-refractivity contribution is -0.276. The molecule has 5 N–H and O–H groups in total. The number of aromatic hydroxyl groups is 1. The number of hydrogen-bond acceptors (Lipinski definition) is 8. The van der Waals surface area contributed by atoms with Crippen molar-refractivity contribution < 1.29 is 34.4 Å². The Morgan fingerprint density at radius 1 is 0.830 bits per heavy atom. The van der Waals surface area contributed by atoms with Crippen LogP contribution in [-0.4, -0.2) is 64.8 Å². The van der Waals surface area contributed by atoms with Crippen LogP contribution in [0.5, 0.6) is 5.75 Å². The Hall–Kier alpha value is -4.58. The minimum absolute atomic E-state index is 0.00683. The second kappa shape index (κ2) is 19.5. The van der Waals surface area contributed by atoms with E-state index < -0.39 is 12.4 Å². The van der Waals surface area contributed by atoms with Crippen LogP contribution in [0, 0.1) is 5.92 Å². The minimum Gasteiger partial charge on any atom is -0.508 e. The van der Waals surface area contributed by atoms with E-state index in [0.717, 1.165) is 52.6 Å². The van der Waals surface area contributed by atoms with Gasteiger partial charge in [-0.2, -0.15) is 0 Å². The molecule has 2 amide bonds. The van der Waals surface area contributed by atoms with Crippen LogP contribution in [0.4, 0.5) is 0 Å². The van der Waals surface area contributed by atoms with Crippen molar-refractivity contribution in [2.24, 2.45) is 5.92 Å². The number of carbonyl (C=O) groups is 2. The Morgan fingerprint density at radius 3 is 2.30 bits per heavy atom. The third-order valence-corrected chi connectivity index (χ3v) is 9.72. The quantitative estimate of drug-likeness (QED) is 0.0798. The molecule has 10 heteroatoms. The van der Waals surface area contributed by atoms with Crippen molar-refractivity contribution in [2.45, 2.75) is 77.3 Å². The van der Waals surface area contributed by atoms with Gasteiger partial charge in [0, 0.05) is 51.0 Å². The predicted molar refractivity (Wildman–Crippen MR) is 204 cm³/mol. The third-order valence-electron chi connectivity index (χ3n) is 9.72. The fourth-order valence-electron chi connectivity index (χ4n) is 6.71. The molecule has 0 bridgehead atoms. The van der Waals surface area contributed by atoms with E-state index in [0.29, 0.717) is 38.2 Å². The Balaban J connectivity index is 1.27. The first-order valence-corrected chi connectivity index (χ1v) is 18.5. The molecule has 1 aliphatic rings. The summed E-state index contributed by atoms with van der Waals surface area (Å²) in [5.41, 5.74) is 6.33. The van der Waals surface area contributed by atoms with Crippen LogP contribution in [0.3, 0.4) is 0 Å². The van der Waals surface area contributed by atoms with Crippen LogP contribution < -0.4 is 10.6 Å². The number of aliphatic hydroxyl groups excluding tert-OH is 2. The summed E-state index contributed by atoms with van der Waals surface area (Å²) < 4.78 is 13.4. The van der Waals surface area contributed by atoms with Gasteiger partial charge in [-0.05, 0) is 77.5 Å². The Morgan fingerprint density at radius 2 is 1.57 bits per heavy atom. The Kier molecular flexibility index (Phi) is 14.6. The van der Waals surface area contributed by atoms with E-state index in [2.05, 4.69) is 29.7 Å². The van der Waals surface area contributed by atoms with E-state index in [-0.39, 0.29) is 42.3 Å². The number of carbonyl (C=O) groups excluding carboxylic acids is 2. The highest BCUT2D eigenvalue weighted by Crippen LogP contribution is 2.42. The molecule has 0 saturated carbocycles. The second-order valence-electron chi connectivity index (χ2n) is 14.1. The number of rotatable bonds is 17. The molecule has 0 aliphatic carbocycles. The number of phenols is 1. The molecular formula is C43H53N3O7. The lowest BCUT2D eigenvalue weighted by Gasteiger charge is -2.42. The maximum Gasteiger partial charge on any atom is 0.220 e. The lowest BCUT2D eigenvalue weighted by atomic mass is 9.89. The van der Waals surface area contributed by atoms with Gasteiger partial charge in [0.1, 0.15) is 5.75 Å². The zero-order chi connectivity index (χ0) is 37.7. The Labute approximate surface area is 312 Å². The molecule has 1 aliphatic heterocycles. The van der Waals surface area contributed by atoms with Crippen molar-refractivity contribution in [2.75, 3.05) is 26.7 Å². The highest BCUT2D eigenvalue weighted by molar-refractivity contribution is 5.76. The molecule has 10 nitrogen and oxygen atoms in total. The zero-order valence-electron chi connectivity index (χ0n) is 30.9. The molecule has 282 valence electrons. The maximum atomic E-state index is 12.5. The molecule has 4 aromatic rings. The average Bonchev–Trinajstić information content (AvgIpc) is 3.16. The molecule has 0 radical (unpaired) electrons. The van der Waals surface area contributed by atoms with Gasteiger partial charge in [0.15, 0.2) is 6.29 Å². The van der Waals surface area contributed by atoms with E-state index in [1.165, 1.54) is 6.92 Å². The monoisotopic (exact) mass is 723 g/mol. The van der Waals surface area contributed by atoms with E-state index >= 15 is 0 Å². The van der Waals surface area contributed by atoms with E-state index in [1.54, 1.807) is 24.3 Å². The molecule has 5 atom stereocenters. The number of amides is 2. The number of benzene rings is 4. The van der Waals surface area contributed by atoms with Gasteiger partial charge in [0.25, 0.3) is 0 Å². The number of unbranched alkanes of at least 4 members (excludes halogenated alkanes) is 2. The van der Waals surface area contributed by atoms with Gasteiger partial charge in [-0.25, -0.2) is 0 Å². The van der Waals surface area contributed by atoms with Crippen molar-refractivity contribution in [3.05, 3.63) is 125 Å². The van der Waals surface area contributed by atoms with Crippen LogP contribution in [0.15, 0.2) is 97.1 Å². The number of ether oxygens (including phenoxy) is 2. The fourth-order valence-corrected chi connectivity index (χ4v) is 6.71. The van der Waals surface area contributed by atoms with Gasteiger partial charge in [-0.3, -0.25) is 9.59 Å². The fraction of sp³-hybridized carbons (Fsp3) is 0.395. The summed E-state index contributed by atoms with van der Waals surface area (Å²) in [6.45, 7) is 5.52. The molecule has 5 rings (SSSR count). The molecule has 53 heavy (non-hydrogen) atoms. The SMILES string of the molecule is CC(=O)NCCCCCC(=O)NCc1cccc(-c2cccc([C@@H]3O[C@H](CN(C)C[C@@H](O)c4cccc(O)c4)[C@H](C)[C@H](c4ccc(CO)cc4)O3)c2)c1. The average molecular weight is 724 g/mol. The van der Waals surface area contributed by atoms with Crippen LogP contribution in [0.1, 0.15) is 85.8 Å². The van der Waals surface area contributed by atoms with E-state index in [1.807, 2.05) is 72.6 Å². The predicted octanol–water partition coefficient (Wildman–Crippen LogP) is 6.32. The van der Waals surface area contributed by atoms with Crippen LogP contribution >= 0.6 is 0 Å². The molecule has 1 fully saturated rings. The summed E-state index contributed by atoms with van der Waals surface area (Å²) in [6.07, 6.45) is 0.972. The minimum atomic E-state index is -0.784. The molecule has 4 aromatic carbocycles. The summed E-state index contributed by atoms with van der Waals surface area (Å²) in [5, 5.41) is 36.3. The standard InChI is InChI=1S/C43H53N3O7/c1-29-40(27-46(3)26-39(50)36-13-9-15-38(49)24-36)52-43(53-42(29)33-19-17-31(28-47)18-20-33)37-14-8-12-35(23-37)34-11-7-10-32(22-34)25-45-41(51)16-5-4-6-21-44-30(2)48/h7-15,17-20,22-24,29,39-40,42-43,47,49-50H,4-6,16,21,25-28H2,1-3H3,(H,44,48)(H,45,51)/t29-,39+,40+,42+,43+/m0/s1. The third kappa shape index (κ3) is 11.7. The number of likely N-dealkylation sites (N-methyl/N-ethyl adjacent to an activating group) is 1. The van der Waals surface area contributed by atoms with Gasteiger partial charge < -0.3 is 40.3 Å². The Bertz CT molecular complexity index is 1780. The summed E-state index contributed by atoms with van der Waals surface area (Å²) in [5.74, 6) is 0.0480. The number of nitrogens with zero attached hydrogens (tertiary/aromatic N) is 1. The molecule has 0 spiro atoms. The van der Waals surface area contributed by atoms with Gasteiger partial charge >= 0.3 is 0 Å². The molecule has 1 saturated heterocycles. The zero-order valence-corrected chi connectivity index (χ0v) is 30.9. The second-order valence-corrected chi connectivity index (χ2v) is 14.1. The van der Waals surface area contributed by atoms with Gasteiger partial charge in [-0.1, -0.05) is 86.1 Å². The highest BCUT2D eigenvalue weighted by Gasteiger charge is 2.39. The summed E-state index contributed by atoms with van der Waals surface area (Å²) in [4.78, 5) is 25.5. The number of aliphatic hydroxyl groups is 2. The van der Waals surface area contributed by atoms with Crippen molar-refractivity contribution in [1.82, 2.24) is 15.5 Å². The first kappa shape index (κ1) is 39.6. The van der Waals surface area contributed by atoms with Crippen LogP contribution in [0.25, 0.3) is 11.1 Å². The van der Waals surface area contributed by atoms with Crippen LogP contribution in [-0.2, 0) is 32.2 Å². The number of hydrogen-bond donors (Lipinski definition) is 5. The van der Waals surface area contributed by atoms with E-state index in [9.17, 15) is 24.9 Å². The normalized spacial score (nSPS) is 19.1. The topological polar surface area (TPSA) is 141 Å². The number of phenolic OH excluding ortho intramolecular Hbond substituents is 1. The largest absolute Gasteiger partial charge is 0.508 e. The molecule has 1 heterocycles. The summed E-state index contributed by atoms with van der Waals surface area (Å²) >= 11 is 0. The highest BCUT2D eigenvalue weighted by atomic mass is 16.7. The van der Waals surface area contributed by atoms with Crippen molar-refractivity contribution >= 4 is 11.8 Å². The van der Waals surface area contributed by atoms with Gasteiger partial charge in [-0.15, -0.1) is 0 Å². The van der Waals surface area contributed by atoms with Gasteiger partial charge in [0.2, 0.25) is 11.8 Å². The van der Waals surface area contributed by atoms with Crippen molar-refractivity contribution in [3.63, 3.8) is 0 Å².